The lowest BCUT2D eigenvalue weighted by atomic mass is 10.0. The zero-order chi connectivity index (χ0) is 12.1. The van der Waals surface area contributed by atoms with Crippen LogP contribution < -0.4 is 0 Å². The molecule has 0 saturated carbocycles. The largest absolute Gasteiger partial charge is 0.481 e. The molecular formula is C11H10F2O3. The molecule has 0 bridgehead atoms. The molecule has 0 aliphatic heterocycles. The first-order valence-corrected chi connectivity index (χ1v) is 4.64. The number of hydrogen-bond acceptors (Lipinski definition) is 2. The third-order valence-corrected chi connectivity index (χ3v) is 2.05. The number of aliphatic carboxylic acids is 1. The van der Waals surface area contributed by atoms with Gasteiger partial charge in [0.05, 0.1) is 6.42 Å². The third-order valence-electron chi connectivity index (χ3n) is 2.05. The van der Waals surface area contributed by atoms with Crippen LogP contribution in [0.25, 0.3) is 0 Å². The van der Waals surface area contributed by atoms with Crippen LogP contribution in [0.15, 0.2) is 24.3 Å². The van der Waals surface area contributed by atoms with Gasteiger partial charge < -0.3 is 5.11 Å². The third kappa shape index (κ3) is 3.42. The molecule has 1 rings (SSSR count). The monoisotopic (exact) mass is 228 g/mol. The second-order valence-electron chi connectivity index (χ2n) is 3.24. The minimum atomic E-state index is -2.57. The number of alkyl halides is 2. The minimum Gasteiger partial charge on any atom is -0.481 e. The molecule has 0 aromatic heterocycles. The fourth-order valence-corrected chi connectivity index (χ4v) is 1.18. The normalized spacial score (nSPS) is 10.4. The average molecular weight is 228 g/mol. The zero-order valence-electron chi connectivity index (χ0n) is 8.32. The number of rotatable bonds is 5. The Kier molecular flexibility index (Phi) is 4.10. The van der Waals surface area contributed by atoms with Crippen molar-refractivity contribution in [2.45, 2.75) is 19.3 Å². The van der Waals surface area contributed by atoms with Gasteiger partial charge in [-0.25, -0.2) is 8.78 Å². The molecule has 0 unspecified atom stereocenters. The summed E-state index contributed by atoms with van der Waals surface area (Å²) < 4.78 is 24.4. The van der Waals surface area contributed by atoms with Crippen molar-refractivity contribution in [2.24, 2.45) is 0 Å². The number of benzene rings is 1. The van der Waals surface area contributed by atoms with Crippen LogP contribution in [0.5, 0.6) is 0 Å². The van der Waals surface area contributed by atoms with Crippen molar-refractivity contribution in [3.8, 4) is 0 Å². The molecule has 0 spiro atoms. The first-order valence-electron chi connectivity index (χ1n) is 4.64. The van der Waals surface area contributed by atoms with Gasteiger partial charge >= 0.3 is 5.97 Å². The molecule has 0 saturated heterocycles. The van der Waals surface area contributed by atoms with Crippen molar-refractivity contribution in [1.29, 1.82) is 0 Å². The summed E-state index contributed by atoms with van der Waals surface area (Å²) in [5.74, 6) is -1.42. The van der Waals surface area contributed by atoms with E-state index in [1.54, 1.807) is 0 Å². The van der Waals surface area contributed by atoms with E-state index in [4.69, 9.17) is 5.11 Å². The molecule has 0 heterocycles. The van der Waals surface area contributed by atoms with Crippen molar-refractivity contribution in [1.82, 2.24) is 0 Å². The van der Waals surface area contributed by atoms with Crippen LogP contribution in [-0.4, -0.2) is 16.9 Å². The zero-order valence-corrected chi connectivity index (χ0v) is 8.32. The van der Waals surface area contributed by atoms with Crippen molar-refractivity contribution in [2.75, 3.05) is 0 Å². The maximum Gasteiger partial charge on any atom is 0.303 e. The van der Waals surface area contributed by atoms with Crippen molar-refractivity contribution >= 4 is 11.8 Å². The number of hydrogen-bond donors (Lipinski definition) is 1. The van der Waals surface area contributed by atoms with Gasteiger partial charge in [0.25, 0.3) is 6.43 Å². The lowest BCUT2D eigenvalue weighted by Crippen LogP contribution is -2.03. The van der Waals surface area contributed by atoms with Crippen LogP contribution >= 0.6 is 0 Å². The summed E-state index contributed by atoms with van der Waals surface area (Å²) in [6.07, 6.45) is -2.94. The molecule has 0 amide bonds. The standard InChI is InChI=1S/C11H10F2O3/c12-11(13)8-3-1-7(2-4-8)9(14)5-6-10(15)16/h1-4,11H,5-6H2,(H,15,16). The maximum absolute atomic E-state index is 12.2. The number of Topliss-reactive ketones (excluding diaryl/α,β-unsaturated/α-hetero) is 1. The van der Waals surface area contributed by atoms with Crippen molar-refractivity contribution in [3.05, 3.63) is 35.4 Å². The molecule has 0 atom stereocenters. The molecule has 86 valence electrons. The Bertz CT molecular complexity index is 385. The molecular weight excluding hydrogens is 218 g/mol. The molecule has 5 heteroatoms. The van der Waals surface area contributed by atoms with E-state index in [1.165, 1.54) is 24.3 Å². The van der Waals surface area contributed by atoms with Crippen molar-refractivity contribution in [3.63, 3.8) is 0 Å². The molecule has 0 radical (unpaired) electrons. The Morgan fingerprint density at radius 3 is 2.12 bits per heavy atom. The van der Waals surface area contributed by atoms with Crippen LogP contribution in [0.3, 0.4) is 0 Å². The lowest BCUT2D eigenvalue weighted by molar-refractivity contribution is -0.136. The fraction of sp³-hybridized carbons (Fsp3) is 0.273. The van der Waals surface area contributed by atoms with Crippen LogP contribution in [-0.2, 0) is 4.79 Å². The van der Waals surface area contributed by atoms with Crippen LogP contribution in [0.1, 0.15) is 35.2 Å². The molecule has 1 aromatic carbocycles. The number of carbonyl (C=O) groups excluding carboxylic acids is 1. The van der Waals surface area contributed by atoms with E-state index in [2.05, 4.69) is 0 Å². The number of ketones is 1. The average Bonchev–Trinajstić information content (AvgIpc) is 2.26. The second kappa shape index (κ2) is 5.34. The van der Waals surface area contributed by atoms with Gasteiger partial charge in [0, 0.05) is 17.5 Å². The Morgan fingerprint density at radius 1 is 1.12 bits per heavy atom. The first kappa shape index (κ1) is 12.3. The van der Waals surface area contributed by atoms with Crippen LogP contribution in [0, 0.1) is 0 Å². The fourth-order valence-electron chi connectivity index (χ4n) is 1.18. The van der Waals surface area contributed by atoms with E-state index in [0.717, 1.165) is 0 Å². The number of carbonyl (C=O) groups is 2. The molecule has 0 aliphatic rings. The summed E-state index contributed by atoms with van der Waals surface area (Å²) in [6.45, 7) is 0. The highest BCUT2D eigenvalue weighted by Gasteiger charge is 2.10. The van der Waals surface area contributed by atoms with Crippen LogP contribution in [0.2, 0.25) is 0 Å². The van der Waals surface area contributed by atoms with E-state index >= 15 is 0 Å². The van der Waals surface area contributed by atoms with Gasteiger partial charge in [0.15, 0.2) is 5.78 Å². The summed E-state index contributed by atoms with van der Waals surface area (Å²) in [4.78, 5) is 21.6. The Balaban J connectivity index is 2.66. The maximum atomic E-state index is 12.2. The van der Waals surface area contributed by atoms with E-state index in [0.29, 0.717) is 0 Å². The molecule has 1 aromatic rings. The number of carboxylic acids is 1. The Hall–Kier alpha value is -1.78. The summed E-state index contributed by atoms with van der Waals surface area (Å²) in [5, 5.41) is 8.37. The summed E-state index contributed by atoms with van der Waals surface area (Å²) in [5.41, 5.74) is 0.0976. The molecule has 0 fully saturated rings. The Labute approximate surface area is 90.7 Å². The topological polar surface area (TPSA) is 54.4 Å². The minimum absolute atomic E-state index is 0.122. The highest BCUT2D eigenvalue weighted by atomic mass is 19.3. The first-order chi connectivity index (χ1) is 7.50. The van der Waals surface area contributed by atoms with Gasteiger partial charge in [-0.2, -0.15) is 0 Å². The summed E-state index contributed by atoms with van der Waals surface area (Å²) in [6, 6.07) is 4.90. The second-order valence-corrected chi connectivity index (χ2v) is 3.24. The smallest absolute Gasteiger partial charge is 0.303 e. The van der Waals surface area contributed by atoms with E-state index in [9.17, 15) is 18.4 Å². The molecule has 3 nitrogen and oxygen atoms in total. The SMILES string of the molecule is O=C(O)CCC(=O)c1ccc(C(F)F)cc1. The van der Waals surface area contributed by atoms with Gasteiger partial charge in [-0.15, -0.1) is 0 Å². The summed E-state index contributed by atoms with van der Waals surface area (Å²) in [7, 11) is 0. The van der Waals surface area contributed by atoms with Gasteiger partial charge in [0.1, 0.15) is 0 Å². The molecule has 16 heavy (non-hydrogen) atoms. The Morgan fingerprint density at radius 2 is 1.69 bits per heavy atom. The van der Waals surface area contributed by atoms with Crippen molar-refractivity contribution < 1.29 is 23.5 Å². The number of carboxylic acid groups (broad SMARTS) is 1. The molecule has 0 aliphatic carbocycles. The van der Waals surface area contributed by atoms with Gasteiger partial charge in [-0.3, -0.25) is 9.59 Å². The van der Waals surface area contributed by atoms with Gasteiger partial charge in [-0.1, -0.05) is 24.3 Å². The van der Waals surface area contributed by atoms with Crippen LogP contribution in [0.4, 0.5) is 8.78 Å². The highest BCUT2D eigenvalue weighted by molar-refractivity contribution is 5.97. The van der Waals surface area contributed by atoms with E-state index < -0.39 is 12.4 Å². The van der Waals surface area contributed by atoms with E-state index in [-0.39, 0.29) is 29.8 Å². The summed E-state index contributed by atoms with van der Waals surface area (Å²) >= 11 is 0. The van der Waals surface area contributed by atoms with Gasteiger partial charge in [-0.05, 0) is 0 Å². The molecule has 1 N–H and O–H groups in total. The van der Waals surface area contributed by atoms with Gasteiger partial charge in [0.2, 0.25) is 0 Å². The lowest BCUT2D eigenvalue weighted by Gasteiger charge is -2.02. The predicted octanol–water partition coefficient (Wildman–Crippen LogP) is 2.67. The predicted molar refractivity (Wildman–Crippen MR) is 52.6 cm³/mol. The quantitative estimate of drug-likeness (QED) is 0.788. The highest BCUT2D eigenvalue weighted by Crippen LogP contribution is 2.19. The van der Waals surface area contributed by atoms with E-state index in [1.807, 2.05) is 0 Å². The number of halogens is 2.